The maximum Gasteiger partial charge on any atom is 0.234 e. The molecular formula is C21H26BrN3O. The third-order valence-corrected chi connectivity index (χ3v) is 5.41. The molecule has 0 aromatic heterocycles. The Hall–Kier alpha value is -1.85. The Morgan fingerprint density at radius 3 is 2.31 bits per heavy atom. The molecule has 1 saturated heterocycles. The normalized spacial score (nSPS) is 16.3. The standard InChI is InChI=1S/C21H26BrN3O/c1-2-20(17-8-10-18(22)11-9-17)23-21(26)16-24-12-14-25(15-13-24)19-6-4-3-5-7-19/h3-11,20H,2,12-16H2,1H3,(H,23,26)/t20-/m1/s1. The Balaban J connectivity index is 1.48. The third kappa shape index (κ3) is 5.08. The van der Waals surface area contributed by atoms with Crippen LogP contribution in [0.5, 0.6) is 0 Å². The predicted molar refractivity (Wildman–Crippen MR) is 110 cm³/mol. The SMILES string of the molecule is CC[C@@H](NC(=O)CN1CCN(c2ccccc2)CC1)c1ccc(Br)cc1. The number of halogens is 1. The summed E-state index contributed by atoms with van der Waals surface area (Å²) in [6.07, 6.45) is 0.884. The number of rotatable bonds is 6. The number of hydrogen-bond donors (Lipinski definition) is 1. The number of carbonyl (C=O) groups is 1. The zero-order chi connectivity index (χ0) is 18.4. The number of anilines is 1. The number of nitrogens with one attached hydrogen (secondary N) is 1. The highest BCUT2D eigenvalue weighted by Gasteiger charge is 2.20. The molecule has 0 spiro atoms. The van der Waals surface area contributed by atoms with Crippen molar-refractivity contribution in [3.05, 3.63) is 64.6 Å². The van der Waals surface area contributed by atoms with E-state index in [2.05, 4.69) is 74.4 Å². The summed E-state index contributed by atoms with van der Waals surface area (Å²) in [4.78, 5) is 17.1. The second-order valence-electron chi connectivity index (χ2n) is 6.68. The molecule has 1 aliphatic rings. The van der Waals surface area contributed by atoms with Crippen LogP contribution in [0.15, 0.2) is 59.1 Å². The molecule has 1 atom stereocenters. The minimum Gasteiger partial charge on any atom is -0.369 e. The van der Waals surface area contributed by atoms with E-state index in [1.165, 1.54) is 5.69 Å². The molecule has 138 valence electrons. The Labute approximate surface area is 164 Å². The highest BCUT2D eigenvalue weighted by molar-refractivity contribution is 9.10. The molecule has 2 aromatic carbocycles. The lowest BCUT2D eigenvalue weighted by Crippen LogP contribution is -2.49. The summed E-state index contributed by atoms with van der Waals surface area (Å²) in [7, 11) is 0. The topological polar surface area (TPSA) is 35.6 Å². The number of carbonyl (C=O) groups excluding carboxylic acids is 1. The molecule has 1 amide bonds. The highest BCUT2D eigenvalue weighted by atomic mass is 79.9. The van der Waals surface area contributed by atoms with Crippen molar-refractivity contribution in [1.82, 2.24) is 10.2 Å². The number of amides is 1. The van der Waals surface area contributed by atoms with E-state index in [4.69, 9.17) is 0 Å². The van der Waals surface area contributed by atoms with E-state index in [0.29, 0.717) is 6.54 Å². The van der Waals surface area contributed by atoms with Gasteiger partial charge in [0.05, 0.1) is 12.6 Å². The van der Waals surface area contributed by atoms with E-state index in [1.807, 2.05) is 18.2 Å². The fraction of sp³-hybridized carbons (Fsp3) is 0.381. The molecular weight excluding hydrogens is 390 g/mol. The quantitative estimate of drug-likeness (QED) is 0.778. The molecule has 0 aliphatic carbocycles. The first-order valence-electron chi connectivity index (χ1n) is 9.23. The van der Waals surface area contributed by atoms with Crippen molar-refractivity contribution in [3.63, 3.8) is 0 Å². The van der Waals surface area contributed by atoms with Gasteiger partial charge in [-0.2, -0.15) is 0 Å². The van der Waals surface area contributed by atoms with Crippen LogP contribution in [0.25, 0.3) is 0 Å². The van der Waals surface area contributed by atoms with Crippen LogP contribution in [0, 0.1) is 0 Å². The first-order valence-corrected chi connectivity index (χ1v) is 10.0. The zero-order valence-corrected chi connectivity index (χ0v) is 16.8. The molecule has 1 aliphatic heterocycles. The van der Waals surface area contributed by atoms with Crippen LogP contribution in [-0.4, -0.2) is 43.5 Å². The summed E-state index contributed by atoms with van der Waals surface area (Å²) in [5.41, 5.74) is 2.41. The van der Waals surface area contributed by atoms with Crippen molar-refractivity contribution in [2.24, 2.45) is 0 Å². The van der Waals surface area contributed by atoms with Crippen LogP contribution in [0.2, 0.25) is 0 Å². The van der Waals surface area contributed by atoms with Crippen molar-refractivity contribution in [1.29, 1.82) is 0 Å². The Morgan fingerprint density at radius 1 is 1.04 bits per heavy atom. The maximum atomic E-state index is 12.5. The van der Waals surface area contributed by atoms with E-state index < -0.39 is 0 Å². The van der Waals surface area contributed by atoms with E-state index in [0.717, 1.165) is 42.6 Å². The number of para-hydroxylation sites is 1. The molecule has 1 N–H and O–H groups in total. The molecule has 1 fully saturated rings. The molecule has 5 heteroatoms. The maximum absolute atomic E-state index is 12.5. The first-order chi connectivity index (χ1) is 12.7. The molecule has 0 saturated carbocycles. The Kier molecular flexibility index (Phi) is 6.69. The van der Waals surface area contributed by atoms with Gasteiger partial charge in [0, 0.05) is 36.3 Å². The van der Waals surface area contributed by atoms with Crippen LogP contribution >= 0.6 is 15.9 Å². The highest BCUT2D eigenvalue weighted by Crippen LogP contribution is 2.20. The van der Waals surface area contributed by atoms with Crippen molar-refractivity contribution in [2.75, 3.05) is 37.6 Å². The van der Waals surface area contributed by atoms with E-state index in [1.54, 1.807) is 0 Å². The number of piperazine rings is 1. The monoisotopic (exact) mass is 415 g/mol. The van der Waals surface area contributed by atoms with Gasteiger partial charge in [0.1, 0.15) is 0 Å². The molecule has 4 nitrogen and oxygen atoms in total. The number of hydrogen-bond acceptors (Lipinski definition) is 3. The molecule has 0 bridgehead atoms. The summed E-state index contributed by atoms with van der Waals surface area (Å²) >= 11 is 3.46. The summed E-state index contributed by atoms with van der Waals surface area (Å²) in [5.74, 6) is 0.105. The van der Waals surface area contributed by atoms with E-state index in [-0.39, 0.29) is 11.9 Å². The van der Waals surface area contributed by atoms with Crippen LogP contribution in [0.4, 0.5) is 5.69 Å². The summed E-state index contributed by atoms with van der Waals surface area (Å²) in [6, 6.07) is 18.7. The lowest BCUT2D eigenvalue weighted by Gasteiger charge is -2.36. The van der Waals surface area contributed by atoms with E-state index in [9.17, 15) is 4.79 Å². The summed E-state index contributed by atoms with van der Waals surface area (Å²) in [6.45, 7) is 6.32. The van der Waals surface area contributed by atoms with Gasteiger partial charge in [-0.1, -0.05) is 53.2 Å². The van der Waals surface area contributed by atoms with Crippen LogP contribution in [0.3, 0.4) is 0 Å². The van der Waals surface area contributed by atoms with Gasteiger partial charge < -0.3 is 10.2 Å². The summed E-state index contributed by atoms with van der Waals surface area (Å²) < 4.78 is 1.05. The molecule has 0 radical (unpaired) electrons. The average molecular weight is 416 g/mol. The first kappa shape index (κ1) is 18.9. The number of nitrogens with zero attached hydrogens (tertiary/aromatic N) is 2. The van der Waals surface area contributed by atoms with E-state index >= 15 is 0 Å². The van der Waals surface area contributed by atoms with Gasteiger partial charge in [-0.3, -0.25) is 9.69 Å². The molecule has 26 heavy (non-hydrogen) atoms. The lowest BCUT2D eigenvalue weighted by molar-refractivity contribution is -0.123. The van der Waals surface area contributed by atoms with Gasteiger partial charge in [-0.15, -0.1) is 0 Å². The fourth-order valence-corrected chi connectivity index (χ4v) is 3.63. The second-order valence-corrected chi connectivity index (χ2v) is 7.59. The fourth-order valence-electron chi connectivity index (χ4n) is 3.36. The Morgan fingerprint density at radius 2 is 1.69 bits per heavy atom. The lowest BCUT2D eigenvalue weighted by atomic mass is 10.0. The predicted octanol–water partition coefficient (Wildman–Crippen LogP) is 3.84. The summed E-state index contributed by atoms with van der Waals surface area (Å²) in [5, 5.41) is 3.18. The molecule has 2 aromatic rings. The zero-order valence-electron chi connectivity index (χ0n) is 15.2. The molecule has 0 unspecified atom stereocenters. The van der Waals surface area contributed by atoms with Gasteiger partial charge in [-0.05, 0) is 36.2 Å². The van der Waals surface area contributed by atoms with Crippen molar-refractivity contribution < 1.29 is 4.79 Å². The molecule has 3 rings (SSSR count). The van der Waals surface area contributed by atoms with Crippen LogP contribution in [0.1, 0.15) is 24.9 Å². The Bertz CT molecular complexity index is 697. The van der Waals surface area contributed by atoms with Gasteiger partial charge >= 0.3 is 0 Å². The van der Waals surface area contributed by atoms with Crippen molar-refractivity contribution in [2.45, 2.75) is 19.4 Å². The van der Waals surface area contributed by atoms with Crippen molar-refractivity contribution >= 4 is 27.5 Å². The van der Waals surface area contributed by atoms with Crippen LogP contribution in [-0.2, 0) is 4.79 Å². The molecule has 1 heterocycles. The van der Waals surface area contributed by atoms with Crippen LogP contribution < -0.4 is 10.2 Å². The minimum atomic E-state index is 0.0706. The van der Waals surface area contributed by atoms with Gasteiger partial charge in [0.25, 0.3) is 0 Å². The number of benzene rings is 2. The van der Waals surface area contributed by atoms with Crippen molar-refractivity contribution in [3.8, 4) is 0 Å². The smallest absolute Gasteiger partial charge is 0.234 e. The minimum absolute atomic E-state index is 0.0706. The largest absolute Gasteiger partial charge is 0.369 e. The third-order valence-electron chi connectivity index (χ3n) is 4.88. The second kappa shape index (κ2) is 9.19. The van der Waals surface area contributed by atoms with Gasteiger partial charge in [-0.25, -0.2) is 0 Å². The van der Waals surface area contributed by atoms with Gasteiger partial charge in [0.15, 0.2) is 0 Å². The average Bonchev–Trinajstić information content (AvgIpc) is 2.68. The van der Waals surface area contributed by atoms with Gasteiger partial charge in [0.2, 0.25) is 5.91 Å².